The minimum absolute atomic E-state index is 0.152. The standard InChI is InChI=1S/C16H9BrINO2S2/c17-10-6-9(14(20)12(18)8-10)7-13-15(21)19(16(22)23-13)11-4-2-1-3-5-11/h1-8,20H/b13-7-. The van der Waals surface area contributed by atoms with Gasteiger partial charge in [0.1, 0.15) is 5.75 Å². The molecule has 0 spiro atoms. The molecule has 2 aromatic rings. The molecule has 2 aromatic carbocycles. The monoisotopic (exact) mass is 517 g/mol. The molecular formula is C16H9BrINO2S2. The van der Waals surface area contributed by atoms with E-state index >= 15 is 0 Å². The van der Waals surface area contributed by atoms with Crippen molar-refractivity contribution in [2.45, 2.75) is 0 Å². The third-order valence-electron chi connectivity index (χ3n) is 3.15. The summed E-state index contributed by atoms with van der Waals surface area (Å²) in [7, 11) is 0. The van der Waals surface area contributed by atoms with E-state index in [1.807, 2.05) is 59.0 Å². The van der Waals surface area contributed by atoms with E-state index in [0.29, 0.717) is 18.4 Å². The summed E-state index contributed by atoms with van der Waals surface area (Å²) in [5, 5.41) is 10.2. The lowest BCUT2D eigenvalue weighted by Crippen LogP contribution is -2.27. The van der Waals surface area contributed by atoms with Crippen molar-refractivity contribution in [3.63, 3.8) is 0 Å². The lowest BCUT2D eigenvalue weighted by molar-refractivity contribution is -0.113. The normalized spacial score (nSPS) is 16.4. The number of para-hydroxylation sites is 1. The average Bonchev–Trinajstić information content (AvgIpc) is 2.79. The molecule has 1 aliphatic heterocycles. The molecule has 0 aromatic heterocycles. The van der Waals surface area contributed by atoms with E-state index in [1.165, 1.54) is 16.7 Å². The van der Waals surface area contributed by atoms with Crippen LogP contribution in [0.2, 0.25) is 0 Å². The summed E-state index contributed by atoms with van der Waals surface area (Å²) in [5.41, 5.74) is 1.32. The Balaban J connectivity index is 2.00. The molecule has 1 aliphatic rings. The van der Waals surface area contributed by atoms with Gasteiger partial charge in [0, 0.05) is 10.0 Å². The maximum atomic E-state index is 12.7. The molecule has 0 aliphatic carbocycles. The number of aromatic hydroxyl groups is 1. The highest BCUT2D eigenvalue weighted by molar-refractivity contribution is 14.1. The number of carbonyl (C=O) groups excluding carboxylic acids is 1. The van der Waals surface area contributed by atoms with Crippen molar-refractivity contribution in [1.29, 1.82) is 0 Å². The minimum Gasteiger partial charge on any atom is -0.506 e. The van der Waals surface area contributed by atoms with Gasteiger partial charge >= 0.3 is 0 Å². The number of rotatable bonds is 2. The molecule has 23 heavy (non-hydrogen) atoms. The number of hydrogen-bond donors (Lipinski definition) is 1. The lowest BCUT2D eigenvalue weighted by atomic mass is 10.2. The van der Waals surface area contributed by atoms with Crippen LogP contribution < -0.4 is 4.90 Å². The van der Waals surface area contributed by atoms with Gasteiger partial charge in [-0.15, -0.1) is 0 Å². The number of halogens is 2. The van der Waals surface area contributed by atoms with Crippen LogP contribution in [0.25, 0.3) is 6.08 Å². The molecule has 1 amide bonds. The van der Waals surface area contributed by atoms with E-state index in [4.69, 9.17) is 12.2 Å². The van der Waals surface area contributed by atoms with E-state index in [-0.39, 0.29) is 11.7 Å². The first-order valence-corrected chi connectivity index (χ1v) is 9.58. The Kier molecular flexibility index (Phi) is 5.10. The molecule has 116 valence electrons. The number of thioether (sulfide) groups is 1. The van der Waals surface area contributed by atoms with Crippen LogP contribution in [-0.2, 0) is 4.79 Å². The van der Waals surface area contributed by atoms with Gasteiger partial charge < -0.3 is 5.11 Å². The smallest absolute Gasteiger partial charge is 0.270 e. The predicted molar refractivity (Wildman–Crippen MR) is 111 cm³/mol. The summed E-state index contributed by atoms with van der Waals surface area (Å²) in [5.74, 6) is -0.0284. The third kappa shape index (κ3) is 3.47. The number of thiocarbonyl (C=S) groups is 1. The van der Waals surface area contributed by atoms with Crippen molar-refractivity contribution >= 4 is 84.5 Å². The summed E-state index contributed by atoms with van der Waals surface area (Å²) in [6, 6.07) is 12.9. The number of phenolic OH excluding ortho intramolecular Hbond substituents is 1. The van der Waals surface area contributed by atoms with Gasteiger partial charge in [0.25, 0.3) is 5.91 Å². The molecule has 0 saturated carbocycles. The summed E-state index contributed by atoms with van der Waals surface area (Å²) in [6.45, 7) is 0. The van der Waals surface area contributed by atoms with Gasteiger partial charge in [-0.3, -0.25) is 9.69 Å². The second-order valence-corrected chi connectivity index (χ2v) is 8.43. The number of hydrogen-bond acceptors (Lipinski definition) is 4. The van der Waals surface area contributed by atoms with E-state index < -0.39 is 0 Å². The third-order valence-corrected chi connectivity index (χ3v) is 5.73. The summed E-state index contributed by atoms with van der Waals surface area (Å²) in [4.78, 5) is 14.7. The van der Waals surface area contributed by atoms with Gasteiger partial charge in [-0.1, -0.05) is 58.1 Å². The Hall–Kier alpha value is -0.900. The quantitative estimate of drug-likeness (QED) is 0.339. The SMILES string of the molecule is O=C1/C(=C/c2cc(Br)cc(I)c2O)SC(=S)N1c1ccccc1. The summed E-state index contributed by atoms with van der Waals surface area (Å²) < 4.78 is 2.03. The van der Waals surface area contributed by atoms with Gasteiger partial charge in [-0.2, -0.15) is 0 Å². The molecule has 0 bridgehead atoms. The maximum absolute atomic E-state index is 12.7. The molecule has 3 nitrogen and oxygen atoms in total. The number of nitrogens with zero attached hydrogens (tertiary/aromatic N) is 1. The Morgan fingerprint density at radius 2 is 1.96 bits per heavy atom. The molecule has 0 radical (unpaired) electrons. The molecular weight excluding hydrogens is 509 g/mol. The second kappa shape index (κ2) is 6.92. The van der Waals surface area contributed by atoms with Crippen LogP contribution in [-0.4, -0.2) is 15.3 Å². The van der Waals surface area contributed by atoms with Crippen molar-refractivity contribution in [3.05, 3.63) is 61.0 Å². The Bertz CT molecular complexity index is 839. The zero-order chi connectivity index (χ0) is 16.6. The number of phenols is 1. The first-order valence-electron chi connectivity index (χ1n) is 6.48. The van der Waals surface area contributed by atoms with Gasteiger partial charge in [-0.25, -0.2) is 0 Å². The van der Waals surface area contributed by atoms with Crippen LogP contribution >= 0.6 is 62.5 Å². The van der Waals surface area contributed by atoms with E-state index in [2.05, 4.69) is 15.9 Å². The molecule has 1 N–H and O–H groups in total. The van der Waals surface area contributed by atoms with Gasteiger partial charge in [0.15, 0.2) is 4.32 Å². The van der Waals surface area contributed by atoms with Crippen molar-refractivity contribution in [1.82, 2.24) is 0 Å². The van der Waals surface area contributed by atoms with E-state index in [0.717, 1.165) is 10.2 Å². The van der Waals surface area contributed by atoms with E-state index in [1.54, 1.807) is 12.1 Å². The van der Waals surface area contributed by atoms with Crippen molar-refractivity contribution < 1.29 is 9.90 Å². The topological polar surface area (TPSA) is 40.5 Å². The predicted octanol–water partition coefficient (Wildman–Crippen LogP) is 5.17. The van der Waals surface area contributed by atoms with Crippen LogP contribution in [0, 0.1) is 3.57 Å². The van der Waals surface area contributed by atoms with Crippen LogP contribution in [0.1, 0.15) is 5.56 Å². The highest BCUT2D eigenvalue weighted by atomic mass is 127. The van der Waals surface area contributed by atoms with Gasteiger partial charge in [0.05, 0.1) is 14.2 Å². The highest BCUT2D eigenvalue weighted by Gasteiger charge is 2.33. The number of benzene rings is 2. The van der Waals surface area contributed by atoms with Gasteiger partial charge in [0.2, 0.25) is 0 Å². The fourth-order valence-electron chi connectivity index (χ4n) is 2.10. The number of anilines is 1. The maximum Gasteiger partial charge on any atom is 0.270 e. The fraction of sp³-hybridized carbons (Fsp3) is 0. The molecule has 1 heterocycles. The molecule has 3 rings (SSSR count). The Morgan fingerprint density at radius 3 is 2.65 bits per heavy atom. The average molecular weight is 518 g/mol. The van der Waals surface area contributed by atoms with Crippen molar-refractivity contribution in [2.24, 2.45) is 0 Å². The van der Waals surface area contributed by atoms with Crippen LogP contribution in [0.5, 0.6) is 5.75 Å². The van der Waals surface area contributed by atoms with Crippen LogP contribution in [0.4, 0.5) is 5.69 Å². The van der Waals surface area contributed by atoms with Crippen molar-refractivity contribution in [3.8, 4) is 5.75 Å². The molecule has 1 saturated heterocycles. The first-order chi connectivity index (χ1) is 11.0. The molecule has 1 fully saturated rings. The zero-order valence-corrected chi connectivity index (χ0v) is 16.9. The largest absolute Gasteiger partial charge is 0.506 e. The molecule has 0 unspecified atom stereocenters. The second-order valence-electron chi connectivity index (χ2n) is 4.68. The molecule has 7 heteroatoms. The summed E-state index contributed by atoms with van der Waals surface area (Å²) >= 11 is 12.0. The minimum atomic E-state index is -0.180. The number of carbonyl (C=O) groups is 1. The number of amides is 1. The van der Waals surface area contributed by atoms with Gasteiger partial charge in [-0.05, 0) is 52.9 Å². The van der Waals surface area contributed by atoms with Crippen molar-refractivity contribution in [2.75, 3.05) is 4.90 Å². The van der Waals surface area contributed by atoms with Crippen LogP contribution in [0.3, 0.4) is 0 Å². The fourth-order valence-corrected chi connectivity index (χ4v) is 4.94. The zero-order valence-electron chi connectivity index (χ0n) is 11.5. The van der Waals surface area contributed by atoms with E-state index in [9.17, 15) is 9.90 Å². The lowest BCUT2D eigenvalue weighted by Gasteiger charge is -2.13. The van der Waals surface area contributed by atoms with Crippen LogP contribution in [0.15, 0.2) is 51.8 Å². The Morgan fingerprint density at radius 1 is 1.26 bits per heavy atom. The highest BCUT2D eigenvalue weighted by Crippen LogP contribution is 2.38. The molecule has 0 atom stereocenters. The Labute approximate surface area is 165 Å². The first kappa shape index (κ1) is 16.9. The summed E-state index contributed by atoms with van der Waals surface area (Å²) in [6.07, 6.45) is 1.67.